The van der Waals surface area contributed by atoms with Gasteiger partial charge in [-0.1, -0.05) is 183 Å². The van der Waals surface area contributed by atoms with Crippen LogP contribution in [0.3, 0.4) is 0 Å². The van der Waals surface area contributed by atoms with Crippen molar-refractivity contribution in [2.75, 3.05) is 14.2 Å². The number of rotatable bonds is 5. The topological polar surface area (TPSA) is 71.1 Å². The smallest absolute Gasteiger partial charge is 0.438 e. The number of hydrogen-bond acceptors (Lipinski definition) is 6. The maximum atomic E-state index is 11.4. The first-order valence-corrected chi connectivity index (χ1v) is 24.0. The molecular weight excluding hydrogens is 817 g/mol. The Morgan fingerprint density at radius 1 is 0.455 bits per heavy atom. The van der Waals surface area contributed by atoms with E-state index in [4.69, 9.17) is 9.47 Å². The van der Waals surface area contributed by atoms with Gasteiger partial charge in [-0.25, -0.2) is 9.59 Å². The van der Waals surface area contributed by atoms with Gasteiger partial charge in [0, 0.05) is 0 Å². The number of ether oxygens (including phenoxy) is 4. The summed E-state index contributed by atoms with van der Waals surface area (Å²) in [7, 11) is 2.59. The average molecular weight is 889 g/mol. The summed E-state index contributed by atoms with van der Waals surface area (Å²) in [6.07, 6.45) is 8.25. The third kappa shape index (κ3) is 12.8. The van der Waals surface area contributed by atoms with Crippen LogP contribution in [0.5, 0.6) is 5.75 Å². The number of carbonyl (C=O) groups excluding carboxylic acids is 2. The van der Waals surface area contributed by atoms with Crippen LogP contribution in [0.25, 0.3) is 11.1 Å². The summed E-state index contributed by atoms with van der Waals surface area (Å²) in [6.45, 7) is 16.4. The van der Waals surface area contributed by atoms with Crippen LogP contribution in [0.4, 0.5) is 9.59 Å². The Morgan fingerprint density at radius 3 is 1.17 bits per heavy atom. The van der Waals surface area contributed by atoms with Crippen molar-refractivity contribution in [1.29, 1.82) is 0 Å². The van der Waals surface area contributed by atoms with E-state index in [-0.39, 0.29) is 6.61 Å². The third-order valence-corrected chi connectivity index (χ3v) is 13.0. The predicted molar refractivity (Wildman–Crippen MR) is 270 cm³/mol. The SMILES string of the molecule is C1C2CC3CC1CC(C2)C3.CC.CC.COC(=O)OCc1ccc(C2(c3ccc(C)cc3)c3ccccc3-c3ccccc32)cc1.COC(=O)Oc1ccc(C)cc1.Cc1ccc(C)cc1. The first kappa shape index (κ1) is 50.9. The molecule has 0 saturated heterocycles. The van der Waals surface area contributed by atoms with Crippen molar-refractivity contribution >= 4 is 12.3 Å². The quantitative estimate of drug-likeness (QED) is 0.127. The Bertz CT molecular complexity index is 2270. The van der Waals surface area contributed by atoms with Crippen LogP contribution in [0.2, 0.25) is 0 Å². The zero-order valence-corrected chi connectivity index (χ0v) is 41.1. The molecule has 0 spiro atoms. The third-order valence-electron chi connectivity index (χ3n) is 13.0. The number of benzene rings is 6. The fourth-order valence-electron chi connectivity index (χ4n) is 10.2. The number of methoxy groups -OCH3 is 2. The van der Waals surface area contributed by atoms with E-state index in [0.29, 0.717) is 5.75 Å². The molecular formula is C60H72O6. The predicted octanol–water partition coefficient (Wildman–Crippen LogP) is 16.0. The van der Waals surface area contributed by atoms with Gasteiger partial charge in [0.15, 0.2) is 0 Å². The van der Waals surface area contributed by atoms with E-state index in [2.05, 4.69) is 139 Å². The van der Waals surface area contributed by atoms with E-state index in [0.717, 1.165) is 11.1 Å². The van der Waals surface area contributed by atoms with Crippen LogP contribution < -0.4 is 4.74 Å². The lowest BCUT2D eigenvalue weighted by atomic mass is 9.56. The van der Waals surface area contributed by atoms with Gasteiger partial charge in [-0.05, 0) is 141 Å². The Kier molecular flexibility index (Phi) is 19.2. The number of carbonyl (C=O) groups is 2. The average Bonchev–Trinajstić information content (AvgIpc) is 3.65. The second-order valence-corrected chi connectivity index (χ2v) is 17.5. The highest BCUT2D eigenvalue weighted by atomic mass is 16.7. The van der Waals surface area contributed by atoms with Gasteiger partial charge in [-0.2, -0.15) is 0 Å². The largest absolute Gasteiger partial charge is 0.513 e. The van der Waals surface area contributed by atoms with Crippen molar-refractivity contribution in [2.45, 2.75) is 106 Å². The first-order valence-electron chi connectivity index (χ1n) is 24.0. The molecule has 4 bridgehead atoms. The molecule has 5 aliphatic rings. The Hall–Kier alpha value is -6.14. The van der Waals surface area contributed by atoms with Gasteiger partial charge in [-0.3, -0.25) is 0 Å². The highest BCUT2D eigenvalue weighted by Crippen LogP contribution is 2.56. The van der Waals surface area contributed by atoms with Crippen LogP contribution in [0.15, 0.2) is 146 Å². The summed E-state index contributed by atoms with van der Waals surface area (Å²) in [5, 5.41) is 0. The van der Waals surface area contributed by atoms with Gasteiger partial charge in [0.2, 0.25) is 0 Å². The van der Waals surface area contributed by atoms with E-state index in [1.54, 1.807) is 50.7 Å². The van der Waals surface area contributed by atoms with Crippen molar-refractivity contribution in [3.8, 4) is 16.9 Å². The van der Waals surface area contributed by atoms with Gasteiger partial charge >= 0.3 is 12.3 Å². The highest BCUT2D eigenvalue weighted by molar-refractivity contribution is 5.86. The lowest BCUT2D eigenvalue weighted by Gasteiger charge is -2.49. The van der Waals surface area contributed by atoms with Crippen LogP contribution in [0.1, 0.15) is 116 Å². The summed E-state index contributed by atoms with van der Waals surface area (Å²) in [6, 6.07) is 50.2. The Morgan fingerprint density at radius 2 is 0.788 bits per heavy atom. The van der Waals surface area contributed by atoms with Gasteiger partial charge in [-0.15, -0.1) is 0 Å². The molecule has 4 fully saturated rings. The highest BCUT2D eigenvalue weighted by Gasteiger charge is 2.46. The maximum absolute atomic E-state index is 11.4. The van der Waals surface area contributed by atoms with Crippen molar-refractivity contribution in [3.05, 3.63) is 196 Å². The van der Waals surface area contributed by atoms with Crippen molar-refractivity contribution < 1.29 is 28.5 Å². The van der Waals surface area contributed by atoms with E-state index in [1.807, 2.05) is 58.9 Å². The van der Waals surface area contributed by atoms with Crippen molar-refractivity contribution in [1.82, 2.24) is 0 Å². The van der Waals surface area contributed by atoms with Gasteiger partial charge in [0.25, 0.3) is 0 Å². The molecule has 6 nitrogen and oxygen atoms in total. The molecule has 4 saturated carbocycles. The molecule has 11 rings (SSSR count). The standard InChI is InChI=1S/C29H24O3.C10H16.C9H10O3.C8H10.2C2H6/c1-20-11-15-22(16-12-20)29(23-17-13-21(14-18-23)19-32-28(30)31-2)26-9-5-3-7-24(26)25-8-4-6-10-27(25)29;1-7-2-9-4-8(1)5-10(3-7)6-9;1-7-3-5-8(6-4-7)12-9(10)11-2;1-7-3-5-8(2)6-4-7;2*1-2/h3-18H,19H2,1-2H3;7-10H,1-6H2;3-6H,1-2H3;3-6H,1-2H3;2*1-2H3. The zero-order chi connectivity index (χ0) is 47.6. The van der Waals surface area contributed by atoms with E-state index in [9.17, 15) is 9.59 Å². The molecule has 0 N–H and O–H groups in total. The molecule has 66 heavy (non-hydrogen) atoms. The fraction of sp³-hybridized carbons (Fsp3) is 0.367. The molecule has 5 aliphatic carbocycles. The Balaban J connectivity index is 0.000000194. The minimum Gasteiger partial charge on any atom is -0.438 e. The Labute approximate surface area is 395 Å². The molecule has 0 aromatic heterocycles. The molecule has 6 aromatic rings. The summed E-state index contributed by atoms with van der Waals surface area (Å²) < 4.78 is 18.8. The second-order valence-electron chi connectivity index (χ2n) is 17.5. The molecule has 6 aromatic carbocycles. The minimum atomic E-state index is -0.696. The van der Waals surface area contributed by atoms with Gasteiger partial charge in [0.1, 0.15) is 12.4 Å². The van der Waals surface area contributed by atoms with Crippen LogP contribution in [0, 0.1) is 51.4 Å². The molecule has 0 amide bonds. The van der Waals surface area contributed by atoms with Gasteiger partial charge < -0.3 is 18.9 Å². The molecule has 0 unspecified atom stereocenters. The fourth-order valence-corrected chi connectivity index (χ4v) is 10.2. The molecule has 348 valence electrons. The molecule has 0 aliphatic heterocycles. The number of hydrogen-bond donors (Lipinski definition) is 0. The first-order chi connectivity index (χ1) is 32.0. The van der Waals surface area contributed by atoms with Crippen molar-refractivity contribution in [3.63, 3.8) is 0 Å². The molecule has 0 heterocycles. The minimum absolute atomic E-state index is 0.178. The van der Waals surface area contributed by atoms with Crippen LogP contribution in [-0.4, -0.2) is 26.5 Å². The van der Waals surface area contributed by atoms with Gasteiger partial charge in [0.05, 0.1) is 19.6 Å². The van der Waals surface area contributed by atoms with Crippen LogP contribution in [-0.2, 0) is 26.2 Å². The second kappa shape index (κ2) is 25.0. The van der Waals surface area contributed by atoms with E-state index >= 15 is 0 Å². The zero-order valence-electron chi connectivity index (χ0n) is 41.1. The van der Waals surface area contributed by atoms with Crippen LogP contribution >= 0.6 is 0 Å². The number of aryl methyl sites for hydroxylation is 4. The lowest BCUT2D eigenvalue weighted by Crippen LogP contribution is -2.38. The molecule has 0 atom stereocenters. The monoisotopic (exact) mass is 889 g/mol. The summed E-state index contributed by atoms with van der Waals surface area (Å²) in [5.74, 6) is 5.20. The summed E-state index contributed by atoms with van der Waals surface area (Å²) in [4.78, 5) is 22.0. The lowest BCUT2D eigenvalue weighted by molar-refractivity contribution is 0.0198. The molecule has 6 heteroatoms. The van der Waals surface area contributed by atoms with E-state index in [1.165, 1.54) is 88.0 Å². The normalized spacial score (nSPS) is 18.1. The summed E-state index contributed by atoms with van der Waals surface area (Å²) >= 11 is 0. The number of fused-ring (bicyclic) bond motifs is 3. The van der Waals surface area contributed by atoms with E-state index < -0.39 is 17.7 Å². The van der Waals surface area contributed by atoms with Crippen molar-refractivity contribution in [2.24, 2.45) is 23.7 Å². The molecule has 0 radical (unpaired) electrons. The summed E-state index contributed by atoms with van der Waals surface area (Å²) in [5.41, 5.74) is 13.0. The maximum Gasteiger partial charge on any atom is 0.513 e.